The van der Waals surface area contributed by atoms with Crippen LogP contribution in [0.1, 0.15) is 17.3 Å². The largest absolute Gasteiger partial charge is 0.465 e. The molecule has 2 atom stereocenters. The molecule has 19 heavy (non-hydrogen) atoms. The minimum Gasteiger partial charge on any atom is -0.465 e. The molecule has 1 heterocycles. The summed E-state index contributed by atoms with van der Waals surface area (Å²) in [4.78, 5) is 13.9. The number of esters is 1. The van der Waals surface area contributed by atoms with Crippen LogP contribution in [0, 0.1) is 0 Å². The van der Waals surface area contributed by atoms with Crippen LogP contribution in [-0.4, -0.2) is 50.0 Å². The van der Waals surface area contributed by atoms with E-state index >= 15 is 0 Å². The average Bonchev–Trinajstić information content (AvgIpc) is 2.59. The molecule has 0 spiro atoms. The average molecular weight is 264 g/mol. The number of benzene rings is 1. The molecule has 0 radical (unpaired) electrons. The molecular weight excluding hydrogens is 244 g/mol. The molecular formula is C14H20N2O3. The topological polar surface area (TPSA) is 61.8 Å². The number of β-amino-alcohol motifs (C(OH)–C–C–N with tert-alkyl or cyclic N) is 1. The molecule has 1 saturated heterocycles. The Morgan fingerprint density at radius 3 is 2.89 bits per heavy atom. The molecule has 2 N–H and O–H groups in total. The molecule has 1 aromatic rings. The lowest BCUT2D eigenvalue weighted by molar-refractivity contribution is 0.0601. The van der Waals surface area contributed by atoms with E-state index in [9.17, 15) is 9.90 Å². The van der Waals surface area contributed by atoms with Crippen molar-refractivity contribution >= 4 is 11.7 Å². The van der Waals surface area contributed by atoms with Gasteiger partial charge < -0.3 is 20.1 Å². The molecule has 1 fully saturated rings. The molecule has 2 rings (SSSR count). The highest BCUT2D eigenvalue weighted by Crippen LogP contribution is 2.24. The van der Waals surface area contributed by atoms with Gasteiger partial charge in [-0.25, -0.2) is 4.79 Å². The third kappa shape index (κ3) is 3.05. The number of rotatable bonds is 2. The van der Waals surface area contributed by atoms with Crippen LogP contribution in [-0.2, 0) is 4.74 Å². The Bertz CT molecular complexity index is 450. The van der Waals surface area contributed by atoms with E-state index in [-0.39, 0.29) is 12.0 Å². The molecule has 1 aromatic carbocycles. The Morgan fingerprint density at radius 2 is 2.16 bits per heavy atom. The van der Waals surface area contributed by atoms with Gasteiger partial charge in [-0.15, -0.1) is 0 Å². The first kappa shape index (κ1) is 13.8. The number of nitrogens with one attached hydrogen (secondary N) is 1. The number of para-hydroxylation sites is 1. The second-order valence-corrected chi connectivity index (χ2v) is 4.82. The highest BCUT2D eigenvalue weighted by Gasteiger charge is 2.25. The molecule has 5 heteroatoms. The molecule has 2 unspecified atom stereocenters. The van der Waals surface area contributed by atoms with Gasteiger partial charge >= 0.3 is 5.97 Å². The van der Waals surface area contributed by atoms with E-state index in [1.54, 1.807) is 6.07 Å². The third-order valence-electron chi connectivity index (χ3n) is 3.38. The summed E-state index contributed by atoms with van der Waals surface area (Å²) >= 11 is 0. The standard InChI is InChI=1S/C14H20N2O3/c1-10-7-15-8-11(17)9-16(10)13-6-4-3-5-12(13)14(18)19-2/h3-6,10-11,15,17H,7-9H2,1-2H3. The van der Waals surface area contributed by atoms with Gasteiger partial charge in [-0.3, -0.25) is 0 Å². The van der Waals surface area contributed by atoms with Crippen molar-refractivity contribution in [3.63, 3.8) is 0 Å². The lowest BCUT2D eigenvalue weighted by atomic mass is 10.1. The molecule has 5 nitrogen and oxygen atoms in total. The van der Waals surface area contributed by atoms with Crippen LogP contribution in [0.5, 0.6) is 0 Å². The fourth-order valence-corrected chi connectivity index (χ4v) is 2.38. The number of carbonyl (C=O) groups excluding carboxylic acids is 1. The summed E-state index contributed by atoms with van der Waals surface area (Å²) < 4.78 is 4.82. The van der Waals surface area contributed by atoms with Crippen molar-refractivity contribution in [2.75, 3.05) is 31.6 Å². The highest BCUT2D eigenvalue weighted by atomic mass is 16.5. The van der Waals surface area contributed by atoms with E-state index in [4.69, 9.17) is 4.74 Å². The first-order valence-corrected chi connectivity index (χ1v) is 6.46. The number of aliphatic hydroxyl groups is 1. The summed E-state index contributed by atoms with van der Waals surface area (Å²) in [5.74, 6) is -0.352. The van der Waals surface area contributed by atoms with Gasteiger partial charge in [-0.05, 0) is 19.1 Å². The molecule has 0 saturated carbocycles. The number of hydrogen-bond donors (Lipinski definition) is 2. The first-order chi connectivity index (χ1) is 9.13. The van der Waals surface area contributed by atoms with Crippen LogP contribution in [0.25, 0.3) is 0 Å². The number of nitrogens with zero attached hydrogens (tertiary/aromatic N) is 1. The highest BCUT2D eigenvalue weighted by molar-refractivity contribution is 5.95. The lowest BCUT2D eigenvalue weighted by Gasteiger charge is -2.31. The molecule has 0 amide bonds. The van der Waals surface area contributed by atoms with Gasteiger partial charge in [0, 0.05) is 25.7 Å². The van der Waals surface area contributed by atoms with E-state index in [1.807, 2.05) is 18.2 Å². The number of carbonyl (C=O) groups is 1. The fraction of sp³-hybridized carbons (Fsp3) is 0.500. The Kier molecular flexibility index (Phi) is 4.39. The Hall–Kier alpha value is -1.59. The fourth-order valence-electron chi connectivity index (χ4n) is 2.38. The molecule has 0 bridgehead atoms. The predicted molar refractivity (Wildman–Crippen MR) is 73.5 cm³/mol. The van der Waals surface area contributed by atoms with E-state index in [2.05, 4.69) is 17.1 Å². The normalized spacial score (nSPS) is 23.8. The van der Waals surface area contributed by atoms with E-state index in [1.165, 1.54) is 7.11 Å². The van der Waals surface area contributed by atoms with E-state index in [0.29, 0.717) is 18.7 Å². The van der Waals surface area contributed by atoms with Crippen LogP contribution in [0.4, 0.5) is 5.69 Å². The number of methoxy groups -OCH3 is 1. The molecule has 104 valence electrons. The zero-order valence-electron chi connectivity index (χ0n) is 11.3. The van der Waals surface area contributed by atoms with Gasteiger partial charge in [0.15, 0.2) is 0 Å². The van der Waals surface area contributed by atoms with Crippen LogP contribution >= 0.6 is 0 Å². The van der Waals surface area contributed by atoms with E-state index < -0.39 is 6.10 Å². The lowest BCUT2D eigenvalue weighted by Crippen LogP contribution is -2.40. The van der Waals surface area contributed by atoms with Crippen LogP contribution in [0.2, 0.25) is 0 Å². The molecule has 0 aromatic heterocycles. The summed E-state index contributed by atoms with van der Waals surface area (Å²) in [5, 5.41) is 13.1. The summed E-state index contributed by atoms with van der Waals surface area (Å²) in [6.45, 7) is 3.91. The Morgan fingerprint density at radius 1 is 1.42 bits per heavy atom. The van der Waals surface area contributed by atoms with Gasteiger partial charge in [-0.2, -0.15) is 0 Å². The SMILES string of the molecule is COC(=O)c1ccccc1N1CC(O)CNCC1C. The zero-order chi connectivity index (χ0) is 13.8. The van der Waals surface area contributed by atoms with Crippen LogP contribution in [0.15, 0.2) is 24.3 Å². The second kappa shape index (κ2) is 6.04. The zero-order valence-corrected chi connectivity index (χ0v) is 11.3. The first-order valence-electron chi connectivity index (χ1n) is 6.46. The van der Waals surface area contributed by atoms with Gasteiger partial charge in [0.25, 0.3) is 0 Å². The van der Waals surface area contributed by atoms with Gasteiger partial charge in [-0.1, -0.05) is 12.1 Å². The summed E-state index contributed by atoms with van der Waals surface area (Å²) in [7, 11) is 1.38. The van der Waals surface area contributed by atoms with E-state index in [0.717, 1.165) is 12.2 Å². The van der Waals surface area contributed by atoms with Crippen molar-refractivity contribution in [2.45, 2.75) is 19.1 Å². The van der Waals surface area contributed by atoms with Gasteiger partial charge in [0.05, 0.1) is 24.5 Å². The quantitative estimate of drug-likeness (QED) is 0.767. The summed E-state index contributed by atoms with van der Waals surface area (Å²) in [6.07, 6.45) is -0.448. The molecule has 0 aliphatic carbocycles. The van der Waals surface area contributed by atoms with Crippen molar-refractivity contribution in [3.8, 4) is 0 Å². The van der Waals surface area contributed by atoms with Crippen molar-refractivity contribution in [3.05, 3.63) is 29.8 Å². The van der Waals surface area contributed by atoms with Crippen molar-refractivity contribution < 1.29 is 14.6 Å². The Labute approximate surface area is 113 Å². The summed E-state index contributed by atoms with van der Waals surface area (Å²) in [6, 6.07) is 7.54. The maximum atomic E-state index is 11.8. The number of anilines is 1. The molecule has 1 aliphatic heterocycles. The van der Waals surface area contributed by atoms with Gasteiger partial charge in [0.1, 0.15) is 0 Å². The second-order valence-electron chi connectivity index (χ2n) is 4.82. The predicted octanol–water partition coefficient (Wildman–Crippen LogP) is 0.632. The monoisotopic (exact) mass is 264 g/mol. The number of ether oxygens (including phenoxy) is 1. The van der Waals surface area contributed by atoms with Gasteiger partial charge in [0.2, 0.25) is 0 Å². The third-order valence-corrected chi connectivity index (χ3v) is 3.38. The number of hydrogen-bond acceptors (Lipinski definition) is 5. The van der Waals surface area contributed by atoms with Crippen LogP contribution in [0.3, 0.4) is 0 Å². The maximum absolute atomic E-state index is 11.8. The molecule has 1 aliphatic rings. The minimum atomic E-state index is -0.448. The van der Waals surface area contributed by atoms with Crippen molar-refractivity contribution in [2.24, 2.45) is 0 Å². The maximum Gasteiger partial charge on any atom is 0.339 e. The minimum absolute atomic E-state index is 0.197. The van der Waals surface area contributed by atoms with Crippen molar-refractivity contribution in [1.29, 1.82) is 0 Å². The Balaban J connectivity index is 2.36. The summed E-state index contributed by atoms with van der Waals surface area (Å²) in [5.41, 5.74) is 1.34. The number of aliphatic hydroxyl groups excluding tert-OH is 1. The van der Waals surface area contributed by atoms with Crippen molar-refractivity contribution in [1.82, 2.24) is 5.32 Å². The van der Waals surface area contributed by atoms with Crippen LogP contribution < -0.4 is 10.2 Å². The smallest absolute Gasteiger partial charge is 0.339 e.